The first-order valence-corrected chi connectivity index (χ1v) is 4.86. The van der Waals surface area contributed by atoms with Gasteiger partial charge in [0, 0.05) is 0 Å². The maximum atomic E-state index is 11.5. The molecule has 84 valence electrons. The molecule has 0 aromatic carbocycles. The minimum atomic E-state index is -1.63. The Morgan fingerprint density at radius 3 is 3.00 bits per heavy atom. The largest absolute Gasteiger partial charge is 0.462 e. The Bertz CT molecular complexity index is 327. The lowest BCUT2D eigenvalue weighted by Crippen LogP contribution is -2.46. The third-order valence-electron chi connectivity index (χ3n) is 3.42. The summed E-state index contributed by atoms with van der Waals surface area (Å²) in [5, 5.41) is 19.6. The molecule has 2 N–H and O–H groups in total. The van der Waals surface area contributed by atoms with Gasteiger partial charge >= 0.3 is 5.97 Å². The standard InChI is InChI=1S/C9H12O6/c1-8(12)5-7(11)13-3-9(5)6(15-8)4(10)2-14-9/h4-6,10,12H,2-3H2,1H3/t4-,5-,6+,8-,9+/m1/s1. The Kier molecular flexibility index (Phi) is 1.60. The van der Waals surface area contributed by atoms with E-state index < -0.39 is 35.5 Å². The molecule has 0 aromatic heterocycles. The first-order chi connectivity index (χ1) is 6.97. The lowest BCUT2D eigenvalue weighted by molar-refractivity contribution is -0.217. The van der Waals surface area contributed by atoms with Crippen molar-refractivity contribution in [2.24, 2.45) is 5.92 Å². The van der Waals surface area contributed by atoms with Crippen molar-refractivity contribution in [2.75, 3.05) is 13.2 Å². The molecule has 0 saturated carbocycles. The fraction of sp³-hybridized carbons (Fsp3) is 0.889. The highest BCUT2D eigenvalue weighted by atomic mass is 16.7. The van der Waals surface area contributed by atoms with Crippen LogP contribution in [0.2, 0.25) is 0 Å². The maximum absolute atomic E-state index is 11.5. The van der Waals surface area contributed by atoms with Crippen molar-refractivity contribution in [1.29, 1.82) is 0 Å². The van der Waals surface area contributed by atoms with Crippen LogP contribution in [-0.2, 0) is 19.0 Å². The van der Waals surface area contributed by atoms with Crippen LogP contribution in [0.1, 0.15) is 6.92 Å². The number of hydrogen-bond donors (Lipinski definition) is 2. The Balaban J connectivity index is 2.07. The van der Waals surface area contributed by atoms with Crippen molar-refractivity contribution < 1.29 is 29.2 Å². The quantitative estimate of drug-likeness (QED) is 0.474. The average Bonchev–Trinajstić information content (AvgIpc) is 2.69. The second-order valence-electron chi connectivity index (χ2n) is 4.47. The van der Waals surface area contributed by atoms with Crippen LogP contribution in [0, 0.1) is 5.92 Å². The Morgan fingerprint density at radius 1 is 1.53 bits per heavy atom. The number of cyclic esters (lactones) is 1. The molecule has 3 saturated heterocycles. The molecule has 6 heteroatoms. The first-order valence-electron chi connectivity index (χ1n) is 4.86. The van der Waals surface area contributed by atoms with E-state index in [0.29, 0.717) is 0 Å². The normalized spacial score (nSPS) is 57.8. The van der Waals surface area contributed by atoms with E-state index in [1.54, 1.807) is 0 Å². The second kappa shape index (κ2) is 2.52. The zero-order chi connectivity index (χ0) is 10.8. The Morgan fingerprint density at radius 2 is 2.27 bits per heavy atom. The summed E-state index contributed by atoms with van der Waals surface area (Å²) >= 11 is 0. The van der Waals surface area contributed by atoms with Crippen LogP contribution in [0.4, 0.5) is 0 Å². The lowest BCUT2D eigenvalue weighted by Gasteiger charge is -2.24. The summed E-state index contributed by atoms with van der Waals surface area (Å²) in [6.07, 6.45) is -1.51. The molecule has 3 aliphatic rings. The molecule has 3 fully saturated rings. The lowest BCUT2D eigenvalue weighted by atomic mass is 9.84. The molecule has 3 heterocycles. The highest BCUT2D eigenvalue weighted by molar-refractivity contribution is 5.78. The van der Waals surface area contributed by atoms with E-state index in [4.69, 9.17) is 14.2 Å². The van der Waals surface area contributed by atoms with E-state index in [2.05, 4.69) is 0 Å². The van der Waals surface area contributed by atoms with Gasteiger partial charge in [0.1, 0.15) is 30.3 Å². The maximum Gasteiger partial charge on any atom is 0.317 e. The van der Waals surface area contributed by atoms with Crippen LogP contribution in [0.3, 0.4) is 0 Å². The molecule has 3 aliphatic heterocycles. The summed E-state index contributed by atoms with van der Waals surface area (Å²) in [4.78, 5) is 11.5. The van der Waals surface area contributed by atoms with Crippen LogP contribution in [0.15, 0.2) is 0 Å². The van der Waals surface area contributed by atoms with E-state index >= 15 is 0 Å². The van der Waals surface area contributed by atoms with Gasteiger partial charge in [-0.1, -0.05) is 0 Å². The average molecular weight is 216 g/mol. The van der Waals surface area contributed by atoms with Crippen LogP contribution in [-0.4, -0.2) is 53.0 Å². The van der Waals surface area contributed by atoms with Crippen molar-refractivity contribution in [3.63, 3.8) is 0 Å². The third kappa shape index (κ3) is 0.951. The van der Waals surface area contributed by atoms with Crippen LogP contribution < -0.4 is 0 Å². The molecule has 0 radical (unpaired) electrons. The zero-order valence-electron chi connectivity index (χ0n) is 8.17. The van der Waals surface area contributed by atoms with Gasteiger partial charge < -0.3 is 24.4 Å². The van der Waals surface area contributed by atoms with E-state index in [1.165, 1.54) is 6.92 Å². The van der Waals surface area contributed by atoms with Gasteiger partial charge in [-0.2, -0.15) is 0 Å². The van der Waals surface area contributed by atoms with Gasteiger partial charge in [0.15, 0.2) is 5.79 Å². The summed E-state index contributed by atoms with van der Waals surface area (Å²) in [5.74, 6) is -3.02. The summed E-state index contributed by atoms with van der Waals surface area (Å²) in [6.45, 7) is 1.53. The number of carbonyl (C=O) groups excluding carboxylic acids is 1. The molecular formula is C9H12O6. The minimum absolute atomic E-state index is 0.0361. The van der Waals surface area contributed by atoms with Gasteiger partial charge in [-0.25, -0.2) is 0 Å². The second-order valence-corrected chi connectivity index (χ2v) is 4.47. The summed E-state index contributed by atoms with van der Waals surface area (Å²) < 4.78 is 15.6. The van der Waals surface area contributed by atoms with Crippen molar-refractivity contribution in [3.05, 3.63) is 0 Å². The fourth-order valence-corrected chi connectivity index (χ4v) is 2.83. The molecule has 5 atom stereocenters. The fourth-order valence-electron chi connectivity index (χ4n) is 2.83. The highest BCUT2D eigenvalue weighted by Gasteiger charge is 2.74. The highest BCUT2D eigenvalue weighted by Crippen LogP contribution is 2.52. The monoisotopic (exact) mass is 216 g/mol. The Labute approximate surface area is 85.7 Å². The molecule has 0 amide bonds. The van der Waals surface area contributed by atoms with Crippen molar-refractivity contribution >= 4 is 5.97 Å². The van der Waals surface area contributed by atoms with Crippen molar-refractivity contribution in [2.45, 2.75) is 30.5 Å². The number of aliphatic hydroxyl groups is 2. The van der Waals surface area contributed by atoms with Crippen molar-refractivity contribution in [3.8, 4) is 0 Å². The summed E-state index contributed by atoms with van der Waals surface area (Å²) in [7, 11) is 0. The molecule has 0 bridgehead atoms. The van der Waals surface area contributed by atoms with Crippen LogP contribution >= 0.6 is 0 Å². The van der Waals surface area contributed by atoms with Crippen molar-refractivity contribution in [1.82, 2.24) is 0 Å². The van der Waals surface area contributed by atoms with E-state index in [0.717, 1.165) is 0 Å². The number of esters is 1. The number of ether oxygens (including phenoxy) is 3. The molecule has 6 nitrogen and oxygen atoms in total. The number of hydrogen-bond acceptors (Lipinski definition) is 6. The molecule has 0 aromatic rings. The van der Waals surface area contributed by atoms with Gasteiger partial charge in [0.25, 0.3) is 0 Å². The predicted molar refractivity (Wildman–Crippen MR) is 44.6 cm³/mol. The SMILES string of the molecule is C[C@@]1(O)O[C@H]2[C@H](O)CO[C@]23COC(=O)[C@@H]31. The van der Waals surface area contributed by atoms with E-state index in [-0.39, 0.29) is 13.2 Å². The predicted octanol–water partition coefficient (Wildman–Crippen LogP) is -1.60. The minimum Gasteiger partial charge on any atom is -0.462 e. The molecule has 0 unspecified atom stereocenters. The van der Waals surface area contributed by atoms with Gasteiger partial charge in [-0.3, -0.25) is 4.79 Å². The topological polar surface area (TPSA) is 85.2 Å². The molecule has 3 rings (SSSR count). The van der Waals surface area contributed by atoms with E-state index in [9.17, 15) is 15.0 Å². The molecular weight excluding hydrogens is 204 g/mol. The van der Waals surface area contributed by atoms with Gasteiger partial charge in [0.2, 0.25) is 0 Å². The summed E-state index contributed by atoms with van der Waals surface area (Å²) in [6, 6.07) is 0. The van der Waals surface area contributed by atoms with Crippen LogP contribution in [0.5, 0.6) is 0 Å². The molecule has 15 heavy (non-hydrogen) atoms. The summed E-state index contributed by atoms with van der Waals surface area (Å²) in [5.41, 5.74) is -1.00. The van der Waals surface area contributed by atoms with Gasteiger partial charge in [0.05, 0.1) is 6.61 Å². The van der Waals surface area contributed by atoms with Gasteiger partial charge in [-0.15, -0.1) is 0 Å². The molecule has 0 aliphatic carbocycles. The first kappa shape index (κ1) is 9.53. The zero-order valence-corrected chi connectivity index (χ0v) is 8.17. The van der Waals surface area contributed by atoms with Crippen LogP contribution in [0.25, 0.3) is 0 Å². The number of carbonyl (C=O) groups is 1. The number of aliphatic hydroxyl groups excluding tert-OH is 1. The van der Waals surface area contributed by atoms with E-state index in [1.807, 2.05) is 0 Å². The van der Waals surface area contributed by atoms with Gasteiger partial charge in [-0.05, 0) is 6.92 Å². The smallest absolute Gasteiger partial charge is 0.317 e. The Hall–Kier alpha value is -0.690. The number of rotatable bonds is 0. The molecule has 1 spiro atoms. The third-order valence-corrected chi connectivity index (χ3v) is 3.42.